The maximum atomic E-state index is 10.8. The van der Waals surface area contributed by atoms with Gasteiger partial charge in [-0.05, 0) is 25.3 Å². The second kappa shape index (κ2) is 9.99. The van der Waals surface area contributed by atoms with Gasteiger partial charge in [-0.1, -0.05) is 26.0 Å². The molecule has 8 heteroatoms. The molecule has 158 valence electrons. The van der Waals surface area contributed by atoms with Crippen LogP contribution < -0.4 is 11.5 Å². The van der Waals surface area contributed by atoms with E-state index in [9.17, 15) is 9.90 Å². The number of nitrogens with one attached hydrogen (secondary N) is 1. The van der Waals surface area contributed by atoms with E-state index < -0.39 is 5.97 Å². The molecule has 0 saturated heterocycles. The Balaban J connectivity index is 0.00000145. The highest BCUT2D eigenvalue weighted by Gasteiger charge is 2.30. The first kappa shape index (κ1) is 22.3. The monoisotopic (exact) mass is 402 g/mol. The number of nitrogen functional groups attached to an aromatic ring is 1. The normalized spacial score (nSPS) is 16.7. The molecule has 0 aliphatic carbocycles. The average Bonchev–Trinajstić information content (AvgIpc) is 3.01. The molecule has 8 nitrogen and oxygen atoms in total. The molecule has 7 N–H and O–H groups in total. The molecule has 2 heterocycles. The number of aliphatic carboxylic acids is 1. The Labute approximate surface area is 170 Å². The first-order valence-electron chi connectivity index (χ1n) is 9.64. The van der Waals surface area contributed by atoms with Crippen molar-refractivity contribution in [3.8, 4) is 5.75 Å². The molecule has 2 aromatic rings. The van der Waals surface area contributed by atoms with Gasteiger partial charge in [0.15, 0.2) is 0 Å². The highest BCUT2D eigenvalue weighted by atomic mass is 16.5. The Morgan fingerprint density at radius 2 is 2.07 bits per heavy atom. The molecular weight excluding hydrogens is 372 g/mol. The van der Waals surface area contributed by atoms with Crippen LogP contribution >= 0.6 is 0 Å². The van der Waals surface area contributed by atoms with E-state index in [0.29, 0.717) is 17.1 Å². The first-order chi connectivity index (χ1) is 13.9. The zero-order chi connectivity index (χ0) is 21.6. The summed E-state index contributed by atoms with van der Waals surface area (Å²) in [4.78, 5) is 16.1. The second-order valence-corrected chi connectivity index (χ2v) is 6.62. The van der Waals surface area contributed by atoms with Gasteiger partial charge in [-0.15, -0.1) is 0 Å². The van der Waals surface area contributed by atoms with Crippen molar-refractivity contribution in [3.63, 3.8) is 0 Å². The maximum absolute atomic E-state index is 10.8. The van der Waals surface area contributed by atoms with Crippen LogP contribution in [0.3, 0.4) is 0 Å². The van der Waals surface area contributed by atoms with Gasteiger partial charge in [0.25, 0.3) is 0 Å². The fourth-order valence-electron chi connectivity index (χ4n) is 3.42. The largest absolute Gasteiger partial charge is 0.507 e. The summed E-state index contributed by atoms with van der Waals surface area (Å²) in [6, 6.07) is 6.68. The second-order valence-electron chi connectivity index (χ2n) is 6.62. The van der Waals surface area contributed by atoms with Crippen molar-refractivity contribution in [1.82, 2.24) is 9.88 Å². The van der Waals surface area contributed by atoms with Crippen LogP contribution in [0.1, 0.15) is 42.3 Å². The summed E-state index contributed by atoms with van der Waals surface area (Å²) in [5.74, 6) is -0.434. The number of hydrogen-bond acceptors (Lipinski definition) is 6. The van der Waals surface area contributed by atoms with E-state index in [1.54, 1.807) is 30.3 Å². The number of hydrogen-bond donors (Lipinski definition) is 5. The lowest BCUT2D eigenvalue weighted by atomic mass is 9.94. The van der Waals surface area contributed by atoms with Gasteiger partial charge in [0, 0.05) is 41.0 Å². The molecule has 0 bridgehead atoms. The van der Waals surface area contributed by atoms with Gasteiger partial charge in [0.05, 0.1) is 12.6 Å². The van der Waals surface area contributed by atoms with E-state index in [2.05, 4.69) is 9.88 Å². The van der Waals surface area contributed by atoms with Crippen LogP contribution in [0.5, 0.6) is 5.75 Å². The number of likely N-dealkylation sites (N-methyl/N-ethyl adjacent to an activating group) is 1. The number of carbonyl (C=O) groups is 1. The third kappa shape index (κ3) is 5.10. The maximum Gasteiger partial charge on any atom is 0.329 e. The molecule has 0 saturated carbocycles. The zero-order valence-corrected chi connectivity index (χ0v) is 17.1. The molecular formula is C21H30N4O4. The molecule has 1 aromatic heterocycles. The SMILES string of the molecule is CC.CN1CCc2[nH]c(N)c(/C=C(\N)c3ccccc3O)c2C1COCC(=O)O. The topological polar surface area (TPSA) is 138 Å². The lowest BCUT2D eigenvalue weighted by Gasteiger charge is -2.33. The quantitative estimate of drug-likeness (QED) is 0.500. The van der Waals surface area contributed by atoms with E-state index in [0.717, 1.165) is 29.8 Å². The molecule has 1 unspecified atom stereocenters. The van der Waals surface area contributed by atoms with Crippen LogP contribution in [0, 0.1) is 0 Å². The van der Waals surface area contributed by atoms with E-state index in [1.807, 2.05) is 20.9 Å². The Morgan fingerprint density at radius 3 is 2.72 bits per heavy atom. The first-order valence-corrected chi connectivity index (χ1v) is 9.64. The molecule has 0 amide bonds. The lowest BCUT2D eigenvalue weighted by Crippen LogP contribution is -2.35. The number of rotatable bonds is 6. The molecule has 3 rings (SSSR count). The van der Waals surface area contributed by atoms with Crippen molar-refractivity contribution in [2.45, 2.75) is 26.3 Å². The number of carboxylic acids is 1. The number of phenols is 1. The van der Waals surface area contributed by atoms with Gasteiger partial charge < -0.3 is 31.4 Å². The van der Waals surface area contributed by atoms with E-state index in [-0.39, 0.29) is 25.0 Å². The van der Waals surface area contributed by atoms with Crippen LogP contribution in [0.15, 0.2) is 24.3 Å². The summed E-state index contributed by atoms with van der Waals surface area (Å²) in [6.07, 6.45) is 2.53. The molecule has 29 heavy (non-hydrogen) atoms. The molecule has 1 aliphatic rings. The number of ether oxygens (including phenoxy) is 1. The average molecular weight is 402 g/mol. The number of benzene rings is 1. The van der Waals surface area contributed by atoms with Crippen LogP contribution in [0.25, 0.3) is 11.8 Å². The summed E-state index contributed by atoms with van der Waals surface area (Å²) in [5.41, 5.74) is 16.0. The summed E-state index contributed by atoms with van der Waals surface area (Å²) in [7, 11) is 1.96. The highest BCUT2D eigenvalue weighted by Crippen LogP contribution is 2.37. The molecule has 0 radical (unpaired) electrons. The minimum Gasteiger partial charge on any atom is -0.507 e. The Kier molecular flexibility index (Phi) is 7.69. The van der Waals surface area contributed by atoms with Crippen LogP contribution in [-0.4, -0.2) is 52.9 Å². The van der Waals surface area contributed by atoms with E-state index in [4.69, 9.17) is 21.3 Å². The molecule has 1 aliphatic heterocycles. The number of anilines is 1. The zero-order valence-electron chi connectivity index (χ0n) is 17.1. The van der Waals surface area contributed by atoms with Crippen LogP contribution in [0.4, 0.5) is 5.82 Å². The van der Waals surface area contributed by atoms with Gasteiger partial charge in [-0.2, -0.15) is 0 Å². The number of nitrogens with two attached hydrogens (primary N) is 2. The minimum atomic E-state index is -1.01. The number of fused-ring (bicyclic) bond motifs is 1. The van der Waals surface area contributed by atoms with Crippen molar-refractivity contribution in [2.24, 2.45) is 5.73 Å². The Bertz CT molecular complexity index is 876. The van der Waals surface area contributed by atoms with Gasteiger partial charge in [0.1, 0.15) is 18.2 Å². The van der Waals surface area contributed by atoms with Crippen LogP contribution in [-0.2, 0) is 16.0 Å². The van der Waals surface area contributed by atoms with Crippen molar-refractivity contribution >= 4 is 23.6 Å². The molecule has 0 fully saturated rings. The van der Waals surface area contributed by atoms with E-state index in [1.165, 1.54) is 0 Å². The van der Waals surface area contributed by atoms with Crippen molar-refractivity contribution in [1.29, 1.82) is 0 Å². The third-order valence-electron chi connectivity index (χ3n) is 4.79. The fraction of sp³-hybridized carbons (Fsp3) is 0.381. The van der Waals surface area contributed by atoms with Gasteiger partial charge in [0.2, 0.25) is 0 Å². The number of carboxylic acid groups (broad SMARTS) is 1. The number of nitrogens with zero attached hydrogens (tertiary/aromatic N) is 1. The summed E-state index contributed by atoms with van der Waals surface area (Å²) >= 11 is 0. The fourth-order valence-corrected chi connectivity index (χ4v) is 3.42. The van der Waals surface area contributed by atoms with Crippen molar-refractivity contribution in [3.05, 3.63) is 46.6 Å². The molecule has 1 aromatic carbocycles. The lowest BCUT2D eigenvalue weighted by molar-refractivity contribution is -0.142. The van der Waals surface area contributed by atoms with Crippen molar-refractivity contribution in [2.75, 3.05) is 32.5 Å². The number of phenolic OH excluding ortho intramolecular Hbond substituents is 1. The highest BCUT2D eigenvalue weighted by molar-refractivity contribution is 5.86. The smallest absolute Gasteiger partial charge is 0.329 e. The van der Waals surface area contributed by atoms with Crippen LogP contribution in [0.2, 0.25) is 0 Å². The number of aromatic hydroxyl groups is 1. The van der Waals surface area contributed by atoms with Gasteiger partial charge in [-0.25, -0.2) is 4.79 Å². The summed E-state index contributed by atoms with van der Waals surface area (Å²) < 4.78 is 5.35. The summed E-state index contributed by atoms with van der Waals surface area (Å²) in [6.45, 7) is 4.67. The minimum absolute atomic E-state index is 0.0904. The number of H-pyrrole nitrogens is 1. The predicted octanol–water partition coefficient (Wildman–Crippen LogP) is 2.42. The number of aromatic amines is 1. The Hall–Kier alpha value is -2.97. The van der Waals surface area contributed by atoms with Crippen molar-refractivity contribution < 1.29 is 19.7 Å². The third-order valence-corrected chi connectivity index (χ3v) is 4.79. The van der Waals surface area contributed by atoms with E-state index >= 15 is 0 Å². The number of para-hydroxylation sites is 1. The van der Waals surface area contributed by atoms with Gasteiger partial charge in [-0.3, -0.25) is 4.90 Å². The van der Waals surface area contributed by atoms with Gasteiger partial charge >= 0.3 is 5.97 Å². The standard InChI is InChI=1S/C19H24N4O4.C2H6/c1-23-7-6-14-18(15(23)9-27-10-17(25)26)12(19(21)22-14)8-13(20)11-4-2-3-5-16(11)24;1-2/h2-5,8,15,22,24H,6-7,9-10,20-21H2,1H3,(H,25,26);1-2H3/b13-8-;. The Morgan fingerprint density at radius 1 is 1.38 bits per heavy atom. The summed E-state index contributed by atoms with van der Waals surface area (Å²) in [5, 5.41) is 18.9. The number of aromatic nitrogens is 1. The predicted molar refractivity (Wildman–Crippen MR) is 114 cm³/mol. The molecule has 1 atom stereocenters. The molecule has 0 spiro atoms.